The summed E-state index contributed by atoms with van der Waals surface area (Å²) in [6.07, 6.45) is 3.92. The van der Waals surface area contributed by atoms with E-state index in [9.17, 15) is 17.6 Å². The first-order valence-electron chi connectivity index (χ1n) is 8.25. The molecule has 1 aliphatic rings. The molecule has 27 heavy (non-hydrogen) atoms. The molecule has 0 aliphatic carbocycles. The number of nitrogens with two attached hydrogens (primary N) is 1. The fourth-order valence-corrected chi connectivity index (χ4v) is 3.41. The van der Waals surface area contributed by atoms with Gasteiger partial charge in [0.1, 0.15) is 18.2 Å². The Labute approximate surface area is 155 Å². The highest BCUT2D eigenvalue weighted by Crippen LogP contribution is 2.26. The number of aromatic nitrogens is 3. The molecule has 1 aliphatic heterocycles. The summed E-state index contributed by atoms with van der Waals surface area (Å²) in [5.74, 6) is -0.893. The van der Waals surface area contributed by atoms with Gasteiger partial charge in [-0.2, -0.15) is 5.10 Å². The van der Waals surface area contributed by atoms with E-state index in [4.69, 9.17) is 10.5 Å². The van der Waals surface area contributed by atoms with Gasteiger partial charge < -0.3 is 15.8 Å². The number of carbonyl (C=O) groups is 1. The fraction of sp³-hybridized carbons (Fsp3) is 0.438. The highest BCUT2D eigenvalue weighted by Gasteiger charge is 2.28. The second-order valence-electron chi connectivity index (χ2n) is 6.42. The van der Waals surface area contributed by atoms with Crippen LogP contribution in [0, 0.1) is 0 Å². The molecule has 0 spiro atoms. The first kappa shape index (κ1) is 19.2. The Hall–Kier alpha value is -2.53. The quantitative estimate of drug-likeness (QED) is 0.708. The SMILES string of the molecule is CS(=O)(=O)Cn1cc(-c2cc(C(N)=O)c(O[C@@H]3CCNC[C@@H]3F)cn2)cn1. The molecule has 2 atom stereocenters. The summed E-state index contributed by atoms with van der Waals surface area (Å²) >= 11 is 0. The maximum absolute atomic E-state index is 14.0. The van der Waals surface area contributed by atoms with Gasteiger partial charge in [-0.3, -0.25) is 14.5 Å². The normalized spacial score (nSPS) is 20.4. The zero-order valence-electron chi connectivity index (χ0n) is 14.6. The molecule has 3 rings (SSSR count). The molecule has 0 radical (unpaired) electrons. The number of sulfone groups is 1. The molecular weight excluding hydrogens is 377 g/mol. The van der Waals surface area contributed by atoms with E-state index >= 15 is 0 Å². The summed E-state index contributed by atoms with van der Waals surface area (Å²) in [6, 6.07) is 1.42. The number of pyridine rings is 1. The van der Waals surface area contributed by atoms with Crippen molar-refractivity contribution in [3.63, 3.8) is 0 Å². The molecule has 0 aromatic carbocycles. The zero-order valence-corrected chi connectivity index (χ0v) is 15.4. The molecule has 11 heteroatoms. The van der Waals surface area contributed by atoms with Gasteiger partial charge in [0, 0.05) is 24.6 Å². The molecular formula is C16H20FN5O4S. The van der Waals surface area contributed by atoms with Crippen LogP contribution < -0.4 is 15.8 Å². The minimum Gasteiger partial charge on any atom is -0.485 e. The summed E-state index contributed by atoms with van der Waals surface area (Å²) in [4.78, 5) is 16.0. The lowest BCUT2D eigenvalue weighted by atomic mass is 10.1. The van der Waals surface area contributed by atoms with Crippen LogP contribution in [0.3, 0.4) is 0 Å². The molecule has 0 saturated carbocycles. The molecule has 146 valence electrons. The Bertz CT molecular complexity index is 946. The number of hydrogen-bond donors (Lipinski definition) is 2. The lowest BCUT2D eigenvalue weighted by Gasteiger charge is -2.27. The van der Waals surface area contributed by atoms with E-state index in [-0.39, 0.29) is 23.7 Å². The van der Waals surface area contributed by atoms with Crippen molar-refractivity contribution in [2.45, 2.75) is 24.6 Å². The van der Waals surface area contributed by atoms with Crippen molar-refractivity contribution in [3.05, 3.63) is 30.2 Å². The van der Waals surface area contributed by atoms with Gasteiger partial charge in [-0.15, -0.1) is 0 Å². The fourth-order valence-electron chi connectivity index (χ4n) is 2.79. The number of nitrogens with zero attached hydrogens (tertiary/aromatic N) is 3. The number of alkyl halides is 1. The minimum absolute atomic E-state index is 0.0709. The summed E-state index contributed by atoms with van der Waals surface area (Å²) in [6.45, 7) is 0.795. The Morgan fingerprint density at radius 3 is 2.93 bits per heavy atom. The molecule has 1 fully saturated rings. The molecule has 0 bridgehead atoms. The minimum atomic E-state index is -3.25. The molecule has 3 N–H and O–H groups in total. The lowest BCUT2D eigenvalue weighted by molar-refractivity contribution is 0.0710. The van der Waals surface area contributed by atoms with E-state index in [2.05, 4.69) is 15.4 Å². The van der Waals surface area contributed by atoms with Gasteiger partial charge in [0.15, 0.2) is 15.6 Å². The highest BCUT2D eigenvalue weighted by atomic mass is 32.2. The van der Waals surface area contributed by atoms with Gasteiger partial charge in [0.25, 0.3) is 5.91 Å². The van der Waals surface area contributed by atoms with Crippen LogP contribution in [-0.2, 0) is 15.7 Å². The van der Waals surface area contributed by atoms with Crippen molar-refractivity contribution in [2.75, 3.05) is 19.3 Å². The van der Waals surface area contributed by atoms with Crippen LogP contribution in [0.1, 0.15) is 16.8 Å². The number of halogens is 1. The number of nitrogens with one attached hydrogen (secondary N) is 1. The van der Waals surface area contributed by atoms with Crippen molar-refractivity contribution in [3.8, 4) is 17.0 Å². The average Bonchev–Trinajstić information content (AvgIpc) is 3.03. The standard InChI is InChI=1S/C16H20FN5O4S/c1-27(24,25)9-22-8-10(5-21-22)13-4-11(16(18)23)15(7-20-13)26-14-2-3-19-6-12(14)17/h4-5,7-8,12,14,19H,2-3,6,9H2,1H3,(H2,18,23)/t12-,14+/m0/s1. The zero-order chi connectivity index (χ0) is 19.6. The second-order valence-corrected chi connectivity index (χ2v) is 8.53. The van der Waals surface area contributed by atoms with Gasteiger partial charge >= 0.3 is 0 Å². The van der Waals surface area contributed by atoms with Crippen molar-refractivity contribution in [1.29, 1.82) is 0 Å². The number of ether oxygens (including phenoxy) is 1. The summed E-state index contributed by atoms with van der Waals surface area (Å²) in [5, 5.41) is 6.89. The molecule has 9 nitrogen and oxygen atoms in total. The second kappa shape index (κ2) is 7.61. The Morgan fingerprint density at radius 2 is 2.26 bits per heavy atom. The van der Waals surface area contributed by atoms with E-state index in [1.54, 1.807) is 0 Å². The van der Waals surface area contributed by atoms with E-state index in [0.29, 0.717) is 24.2 Å². The van der Waals surface area contributed by atoms with Gasteiger partial charge in [-0.05, 0) is 19.0 Å². The van der Waals surface area contributed by atoms with Gasteiger partial charge in [-0.1, -0.05) is 0 Å². The smallest absolute Gasteiger partial charge is 0.252 e. The summed E-state index contributed by atoms with van der Waals surface area (Å²) < 4.78 is 43.6. The van der Waals surface area contributed by atoms with Gasteiger partial charge in [0.05, 0.1) is 23.7 Å². The van der Waals surface area contributed by atoms with Crippen LogP contribution in [0.15, 0.2) is 24.7 Å². The summed E-state index contributed by atoms with van der Waals surface area (Å²) in [5.41, 5.74) is 6.39. The predicted octanol–water partition coefficient (Wildman–Crippen LogP) is 0.125. The van der Waals surface area contributed by atoms with E-state index < -0.39 is 28.0 Å². The molecule has 1 amide bonds. The Balaban J connectivity index is 1.86. The predicted molar refractivity (Wildman–Crippen MR) is 95.6 cm³/mol. The largest absolute Gasteiger partial charge is 0.485 e. The van der Waals surface area contributed by atoms with Crippen molar-refractivity contribution in [2.24, 2.45) is 5.73 Å². The van der Waals surface area contributed by atoms with Crippen molar-refractivity contribution >= 4 is 15.7 Å². The first-order valence-corrected chi connectivity index (χ1v) is 10.3. The lowest BCUT2D eigenvalue weighted by Crippen LogP contribution is -2.44. The number of amides is 1. The van der Waals surface area contributed by atoms with Crippen LogP contribution in [0.25, 0.3) is 11.3 Å². The Morgan fingerprint density at radius 1 is 1.48 bits per heavy atom. The number of carbonyl (C=O) groups excluding carboxylic acids is 1. The van der Waals surface area contributed by atoms with E-state index in [1.165, 1.54) is 29.3 Å². The van der Waals surface area contributed by atoms with Crippen LogP contribution in [0.4, 0.5) is 4.39 Å². The maximum Gasteiger partial charge on any atom is 0.252 e. The molecule has 1 saturated heterocycles. The van der Waals surface area contributed by atoms with Crippen LogP contribution >= 0.6 is 0 Å². The third-order valence-electron chi connectivity index (χ3n) is 4.06. The third-order valence-corrected chi connectivity index (χ3v) is 4.79. The molecule has 2 aromatic rings. The monoisotopic (exact) mass is 397 g/mol. The highest BCUT2D eigenvalue weighted by molar-refractivity contribution is 7.89. The van der Waals surface area contributed by atoms with Gasteiger partial charge in [-0.25, -0.2) is 12.8 Å². The van der Waals surface area contributed by atoms with Crippen molar-refractivity contribution < 1.29 is 22.3 Å². The van der Waals surface area contributed by atoms with Crippen LogP contribution in [0.5, 0.6) is 5.75 Å². The van der Waals surface area contributed by atoms with Crippen LogP contribution in [0.2, 0.25) is 0 Å². The van der Waals surface area contributed by atoms with E-state index in [1.807, 2.05) is 0 Å². The average molecular weight is 397 g/mol. The number of piperidine rings is 1. The maximum atomic E-state index is 14.0. The number of primary amides is 1. The van der Waals surface area contributed by atoms with Gasteiger partial charge in [0.2, 0.25) is 0 Å². The van der Waals surface area contributed by atoms with E-state index in [0.717, 1.165) is 6.26 Å². The number of hydrogen-bond acceptors (Lipinski definition) is 7. The third kappa shape index (κ3) is 4.80. The first-order chi connectivity index (χ1) is 12.7. The number of rotatable bonds is 6. The molecule has 2 aromatic heterocycles. The topological polar surface area (TPSA) is 129 Å². The molecule has 0 unspecified atom stereocenters. The molecule has 3 heterocycles. The summed E-state index contributed by atoms with van der Waals surface area (Å²) in [7, 11) is -3.25. The van der Waals surface area contributed by atoms with Crippen LogP contribution in [-0.4, -0.2) is 60.7 Å². The Kier molecular flexibility index (Phi) is 5.42. The van der Waals surface area contributed by atoms with Crippen molar-refractivity contribution in [1.82, 2.24) is 20.1 Å².